The highest BCUT2D eigenvalue weighted by Crippen LogP contribution is 2.19. The van der Waals surface area contributed by atoms with E-state index in [4.69, 9.17) is 0 Å². The van der Waals surface area contributed by atoms with E-state index in [2.05, 4.69) is 19.2 Å². The molecule has 98 valence electrons. The summed E-state index contributed by atoms with van der Waals surface area (Å²) in [6, 6.07) is 13.8. The third-order valence-corrected chi connectivity index (χ3v) is 2.93. The summed E-state index contributed by atoms with van der Waals surface area (Å²) in [4.78, 5) is 12.2. The number of carbonyl (C=O) groups is 1. The molecule has 2 heteroatoms. The van der Waals surface area contributed by atoms with Crippen molar-refractivity contribution in [1.29, 1.82) is 0 Å². The van der Waals surface area contributed by atoms with Gasteiger partial charge in [0.15, 0.2) is 5.78 Å². The molecule has 0 aliphatic heterocycles. The summed E-state index contributed by atoms with van der Waals surface area (Å²) in [6.07, 6.45) is 3.34. The van der Waals surface area contributed by atoms with E-state index in [0.29, 0.717) is 5.92 Å². The van der Waals surface area contributed by atoms with E-state index < -0.39 is 0 Å². The smallest absolute Gasteiger partial charge is 0.187 e. The molecule has 1 N–H and O–H groups in total. The number of nitrogens with one attached hydrogen (secondary N) is 1. The molecule has 0 saturated carbocycles. The molecule has 19 heavy (non-hydrogen) atoms. The van der Waals surface area contributed by atoms with Gasteiger partial charge in [-0.15, -0.1) is 0 Å². The van der Waals surface area contributed by atoms with Gasteiger partial charge in [-0.3, -0.25) is 4.79 Å². The Balaban J connectivity index is 2.18. The van der Waals surface area contributed by atoms with Crippen LogP contribution in [0.25, 0.3) is 10.8 Å². The Bertz CT molecular complexity index is 594. The van der Waals surface area contributed by atoms with Gasteiger partial charge in [0.05, 0.1) is 0 Å². The van der Waals surface area contributed by atoms with Crippen LogP contribution >= 0.6 is 0 Å². The third-order valence-electron chi connectivity index (χ3n) is 2.93. The highest BCUT2D eigenvalue weighted by atomic mass is 16.1. The summed E-state index contributed by atoms with van der Waals surface area (Å²) >= 11 is 0. The fourth-order valence-electron chi connectivity index (χ4n) is 1.97. The van der Waals surface area contributed by atoms with Crippen molar-refractivity contribution in [3.05, 3.63) is 60.3 Å². The van der Waals surface area contributed by atoms with Gasteiger partial charge < -0.3 is 5.32 Å². The van der Waals surface area contributed by atoms with Gasteiger partial charge in [-0.1, -0.05) is 56.3 Å². The minimum Gasteiger partial charge on any atom is -0.391 e. The molecule has 0 bridgehead atoms. The summed E-state index contributed by atoms with van der Waals surface area (Å²) < 4.78 is 0. The van der Waals surface area contributed by atoms with Crippen molar-refractivity contribution in [2.45, 2.75) is 13.8 Å². The van der Waals surface area contributed by atoms with Gasteiger partial charge in [-0.05, 0) is 16.7 Å². The van der Waals surface area contributed by atoms with Crippen molar-refractivity contribution in [2.75, 3.05) is 6.54 Å². The van der Waals surface area contributed by atoms with Crippen LogP contribution in [0.2, 0.25) is 0 Å². The Labute approximate surface area is 114 Å². The lowest BCUT2D eigenvalue weighted by Gasteiger charge is -2.04. The molecule has 0 aliphatic carbocycles. The fraction of sp³-hybridized carbons (Fsp3) is 0.235. The van der Waals surface area contributed by atoms with Crippen molar-refractivity contribution < 1.29 is 4.79 Å². The minimum absolute atomic E-state index is 0.0352. The Morgan fingerprint density at radius 1 is 1.16 bits per heavy atom. The van der Waals surface area contributed by atoms with Crippen LogP contribution in [0.5, 0.6) is 0 Å². The Hall–Kier alpha value is -2.09. The first-order valence-electron chi connectivity index (χ1n) is 6.60. The monoisotopic (exact) mass is 253 g/mol. The second-order valence-electron chi connectivity index (χ2n) is 5.03. The van der Waals surface area contributed by atoms with Gasteiger partial charge in [0.25, 0.3) is 0 Å². The molecule has 0 heterocycles. The summed E-state index contributed by atoms with van der Waals surface area (Å²) in [7, 11) is 0. The molecule has 0 atom stereocenters. The summed E-state index contributed by atoms with van der Waals surface area (Å²) in [5.41, 5.74) is 0.751. The lowest BCUT2D eigenvalue weighted by molar-refractivity contribution is 0.104. The lowest BCUT2D eigenvalue weighted by atomic mass is 10.0. The first kappa shape index (κ1) is 13.3. The second-order valence-corrected chi connectivity index (χ2v) is 5.03. The zero-order chi connectivity index (χ0) is 13.7. The molecule has 0 radical (unpaired) electrons. The molecule has 2 aromatic rings. The number of benzene rings is 2. The van der Waals surface area contributed by atoms with Crippen LogP contribution in [-0.2, 0) is 0 Å². The predicted molar refractivity (Wildman–Crippen MR) is 80.3 cm³/mol. The van der Waals surface area contributed by atoms with Crippen LogP contribution in [0, 0.1) is 5.92 Å². The van der Waals surface area contributed by atoms with E-state index in [1.165, 1.54) is 0 Å². The second kappa shape index (κ2) is 6.19. The van der Waals surface area contributed by atoms with Crippen molar-refractivity contribution in [3.8, 4) is 0 Å². The van der Waals surface area contributed by atoms with E-state index in [1.54, 1.807) is 12.3 Å². The SMILES string of the molecule is CC(C)CN/C=C/C(=O)c1cccc2ccccc12. The van der Waals surface area contributed by atoms with Crippen molar-refractivity contribution in [2.24, 2.45) is 5.92 Å². The molecule has 0 aliphatic rings. The Kier molecular flexibility index (Phi) is 4.35. The maximum Gasteiger partial charge on any atom is 0.187 e. The average molecular weight is 253 g/mol. The maximum atomic E-state index is 12.2. The number of allylic oxidation sites excluding steroid dienone is 1. The molecule has 0 aromatic heterocycles. The first-order valence-corrected chi connectivity index (χ1v) is 6.60. The maximum absolute atomic E-state index is 12.2. The first-order chi connectivity index (χ1) is 9.18. The van der Waals surface area contributed by atoms with Crippen LogP contribution in [0.15, 0.2) is 54.7 Å². The average Bonchev–Trinajstić information content (AvgIpc) is 2.42. The number of rotatable bonds is 5. The summed E-state index contributed by atoms with van der Waals surface area (Å²) in [6.45, 7) is 5.14. The van der Waals surface area contributed by atoms with Crippen LogP contribution in [0.4, 0.5) is 0 Å². The zero-order valence-corrected chi connectivity index (χ0v) is 11.4. The number of ketones is 1. The van der Waals surface area contributed by atoms with E-state index in [0.717, 1.165) is 22.9 Å². The van der Waals surface area contributed by atoms with Gasteiger partial charge in [0, 0.05) is 24.4 Å². The molecule has 2 rings (SSSR count). The highest BCUT2D eigenvalue weighted by molar-refractivity contribution is 6.13. The molecule has 2 nitrogen and oxygen atoms in total. The molecule has 0 unspecified atom stereocenters. The molecular formula is C17H19NO. The standard InChI is InChI=1S/C17H19NO/c1-13(2)12-18-11-10-17(19)16-9-5-7-14-6-3-4-8-15(14)16/h3-11,13,18H,12H2,1-2H3/b11-10+. The number of carbonyl (C=O) groups excluding carboxylic acids is 1. The van der Waals surface area contributed by atoms with Gasteiger partial charge in [0.2, 0.25) is 0 Å². The molecular weight excluding hydrogens is 234 g/mol. The molecule has 0 amide bonds. The summed E-state index contributed by atoms with van der Waals surface area (Å²) in [5, 5.41) is 5.23. The van der Waals surface area contributed by atoms with E-state index >= 15 is 0 Å². The fourth-order valence-corrected chi connectivity index (χ4v) is 1.97. The van der Waals surface area contributed by atoms with Gasteiger partial charge in [0.1, 0.15) is 0 Å². The minimum atomic E-state index is 0.0352. The molecule has 0 fully saturated rings. The Morgan fingerprint density at radius 3 is 2.68 bits per heavy atom. The number of hydrogen-bond donors (Lipinski definition) is 1. The number of hydrogen-bond acceptors (Lipinski definition) is 2. The number of fused-ring (bicyclic) bond motifs is 1. The molecule has 0 saturated heterocycles. The van der Waals surface area contributed by atoms with Gasteiger partial charge >= 0.3 is 0 Å². The van der Waals surface area contributed by atoms with Crippen LogP contribution in [0.3, 0.4) is 0 Å². The van der Waals surface area contributed by atoms with Gasteiger partial charge in [-0.2, -0.15) is 0 Å². The van der Waals surface area contributed by atoms with E-state index in [-0.39, 0.29) is 5.78 Å². The quantitative estimate of drug-likeness (QED) is 0.649. The predicted octanol–water partition coefficient (Wildman–Crippen LogP) is 3.78. The molecule has 0 spiro atoms. The summed E-state index contributed by atoms with van der Waals surface area (Å²) in [5.74, 6) is 0.602. The normalized spacial score (nSPS) is 11.3. The van der Waals surface area contributed by atoms with Crippen molar-refractivity contribution >= 4 is 16.6 Å². The molecule has 2 aromatic carbocycles. The van der Waals surface area contributed by atoms with E-state index in [1.807, 2.05) is 42.5 Å². The Morgan fingerprint density at radius 2 is 1.89 bits per heavy atom. The lowest BCUT2D eigenvalue weighted by Crippen LogP contribution is -2.13. The van der Waals surface area contributed by atoms with Crippen molar-refractivity contribution in [1.82, 2.24) is 5.32 Å². The topological polar surface area (TPSA) is 29.1 Å². The third kappa shape index (κ3) is 3.44. The van der Waals surface area contributed by atoms with Gasteiger partial charge in [-0.25, -0.2) is 0 Å². The largest absolute Gasteiger partial charge is 0.391 e. The van der Waals surface area contributed by atoms with Crippen LogP contribution in [0.1, 0.15) is 24.2 Å². The van der Waals surface area contributed by atoms with Crippen LogP contribution in [-0.4, -0.2) is 12.3 Å². The zero-order valence-electron chi connectivity index (χ0n) is 11.4. The van der Waals surface area contributed by atoms with E-state index in [9.17, 15) is 4.79 Å². The van der Waals surface area contributed by atoms with Crippen LogP contribution < -0.4 is 5.32 Å². The van der Waals surface area contributed by atoms with Crippen molar-refractivity contribution in [3.63, 3.8) is 0 Å². The highest BCUT2D eigenvalue weighted by Gasteiger charge is 2.05.